The first-order chi connectivity index (χ1) is 9.44. The highest BCUT2D eigenvalue weighted by atomic mass is 79.9. The molecule has 0 aliphatic heterocycles. The first kappa shape index (κ1) is 15.1. The van der Waals surface area contributed by atoms with Gasteiger partial charge in [-0.25, -0.2) is 0 Å². The highest BCUT2D eigenvalue weighted by molar-refractivity contribution is 9.10. The van der Waals surface area contributed by atoms with Crippen molar-refractivity contribution in [3.63, 3.8) is 0 Å². The van der Waals surface area contributed by atoms with Gasteiger partial charge in [-0.2, -0.15) is 0 Å². The third kappa shape index (κ3) is 4.66. The zero-order chi connectivity index (χ0) is 14.6. The van der Waals surface area contributed by atoms with Gasteiger partial charge >= 0.3 is 0 Å². The van der Waals surface area contributed by atoms with Crippen LogP contribution in [-0.4, -0.2) is 5.54 Å². The van der Waals surface area contributed by atoms with E-state index in [4.69, 9.17) is 4.74 Å². The summed E-state index contributed by atoms with van der Waals surface area (Å²) in [5.74, 6) is 1.73. The fourth-order valence-corrected chi connectivity index (χ4v) is 2.15. The molecule has 106 valence electrons. The maximum Gasteiger partial charge on any atom is 0.131 e. The number of para-hydroxylation sites is 1. The number of nitrogens with one attached hydrogen (secondary N) is 1. The van der Waals surface area contributed by atoms with Crippen molar-refractivity contribution in [2.45, 2.75) is 32.9 Å². The third-order valence-corrected chi connectivity index (χ3v) is 3.30. The van der Waals surface area contributed by atoms with Gasteiger partial charge in [-0.3, -0.25) is 0 Å². The quantitative estimate of drug-likeness (QED) is 0.837. The molecule has 2 nitrogen and oxygen atoms in total. The average molecular weight is 334 g/mol. The minimum atomic E-state index is 0.0862. The molecule has 0 spiro atoms. The summed E-state index contributed by atoms with van der Waals surface area (Å²) >= 11 is 3.46. The van der Waals surface area contributed by atoms with Gasteiger partial charge in [0.1, 0.15) is 11.5 Å². The molecule has 0 fully saturated rings. The van der Waals surface area contributed by atoms with E-state index in [1.165, 1.54) is 0 Å². The average Bonchev–Trinajstić information content (AvgIpc) is 2.37. The molecule has 20 heavy (non-hydrogen) atoms. The summed E-state index contributed by atoms with van der Waals surface area (Å²) in [6, 6.07) is 16.0. The minimum Gasteiger partial charge on any atom is -0.457 e. The van der Waals surface area contributed by atoms with Crippen molar-refractivity contribution in [3.8, 4) is 11.5 Å². The van der Waals surface area contributed by atoms with Crippen LogP contribution in [0.2, 0.25) is 0 Å². The van der Waals surface area contributed by atoms with Crippen molar-refractivity contribution in [3.05, 3.63) is 58.6 Å². The van der Waals surface area contributed by atoms with E-state index in [1.807, 2.05) is 42.5 Å². The Morgan fingerprint density at radius 2 is 1.80 bits per heavy atom. The van der Waals surface area contributed by atoms with Gasteiger partial charge in [-0.05, 0) is 45.0 Å². The molecule has 0 amide bonds. The Hall–Kier alpha value is -1.32. The van der Waals surface area contributed by atoms with Crippen LogP contribution in [0.5, 0.6) is 11.5 Å². The van der Waals surface area contributed by atoms with E-state index >= 15 is 0 Å². The SMILES string of the molecule is CC(C)(C)NCc1ccccc1Oc1cccc(Br)c1. The molecule has 0 atom stereocenters. The van der Waals surface area contributed by atoms with E-state index in [2.05, 4.69) is 48.1 Å². The molecule has 0 aromatic heterocycles. The molecule has 0 radical (unpaired) electrons. The van der Waals surface area contributed by atoms with Crippen molar-refractivity contribution < 1.29 is 4.74 Å². The fraction of sp³-hybridized carbons (Fsp3) is 0.294. The highest BCUT2D eigenvalue weighted by Crippen LogP contribution is 2.27. The molecule has 0 heterocycles. The summed E-state index contributed by atoms with van der Waals surface area (Å²) in [6.07, 6.45) is 0. The van der Waals surface area contributed by atoms with Gasteiger partial charge in [-0.1, -0.05) is 40.2 Å². The first-order valence-corrected chi connectivity index (χ1v) is 7.50. The molecule has 2 aromatic carbocycles. The molecule has 0 saturated heterocycles. The summed E-state index contributed by atoms with van der Waals surface area (Å²) < 4.78 is 7.00. The molecular weight excluding hydrogens is 314 g/mol. The van der Waals surface area contributed by atoms with Crippen LogP contribution in [0.1, 0.15) is 26.3 Å². The molecule has 0 aliphatic rings. The van der Waals surface area contributed by atoms with Crippen LogP contribution in [0.3, 0.4) is 0 Å². The van der Waals surface area contributed by atoms with Crippen LogP contribution in [0, 0.1) is 0 Å². The van der Waals surface area contributed by atoms with Gasteiger partial charge < -0.3 is 10.1 Å². The highest BCUT2D eigenvalue weighted by Gasteiger charge is 2.11. The van der Waals surface area contributed by atoms with Crippen LogP contribution >= 0.6 is 15.9 Å². The fourth-order valence-electron chi connectivity index (χ4n) is 1.77. The zero-order valence-electron chi connectivity index (χ0n) is 12.1. The minimum absolute atomic E-state index is 0.0862. The smallest absolute Gasteiger partial charge is 0.131 e. The van der Waals surface area contributed by atoms with E-state index in [-0.39, 0.29) is 5.54 Å². The van der Waals surface area contributed by atoms with Gasteiger partial charge in [0.25, 0.3) is 0 Å². The van der Waals surface area contributed by atoms with E-state index in [1.54, 1.807) is 0 Å². The second kappa shape index (κ2) is 6.42. The van der Waals surface area contributed by atoms with Crippen molar-refractivity contribution in [1.82, 2.24) is 5.32 Å². The van der Waals surface area contributed by atoms with Gasteiger partial charge in [0, 0.05) is 22.1 Å². The summed E-state index contributed by atoms with van der Waals surface area (Å²) in [5.41, 5.74) is 1.24. The van der Waals surface area contributed by atoms with Crippen LogP contribution in [0.25, 0.3) is 0 Å². The van der Waals surface area contributed by atoms with Gasteiger partial charge in [0.05, 0.1) is 0 Å². The monoisotopic (exact) mass is 333 g/mol. The number of ether oxygens (including phenoxy) is 1. The molecule has 0 saturated carbocycles. The normalized spacial score (nSPS) is 11.4. The third-order valence-electron chi connectivity index (χ3n) is 2.81. The Morgan fingerprint density at radius 3 is 2.50 bits per heavy atom. The summed E-state index contributed by atoms with van der Waals surface area (Å²) in [5, 5.41) is 3.49. The first-order valence-electron chi connectivity index (χ1n) is 6.70. The Morgan fingerprint density at radius 1 is 1.05 bits per heavy atom. The van der Waals surface area contributed by atoms with Crippen LogP contribution in [-0.2, 0) is 6.54 Å². The Kier molecular flexibility index (Phi) is 4.84. The Balaban J connectivity index is 2.15. The second-order valence-electron chi connectivity index (χ2n) is 5.77. The number of benzene rings is 2. The number of halogens is 1. The van der Waals surface area contributed by atoms with E-state index in [9.17, 15) is 0 Å². The molecule has 0 bridgehead atoms. The summed E-state index contributed by atoms with van der Waals surface area (Å²) in [4.78, 5) is 0. The number of hydrogen-bond acceptors (Lipinski definition) is 2. The maximum absolute atomic E-state index is 5.99. The predicted molar refractivity (Wildman–Crippen MR) is 87.3 cm³/mol. The molecule has 2 rings (SSSR count). The summed E-state index contributed by atoms with van der Waals surface area (Å²) in [6.45, 7) is 7.26. The van der Waals surface area contributed by atoms with E-state index in [0.717, 1.165) is 28.1 Å². The zero-order valence-corrected chi connectivity index (χ0v) is 13.7. The topological polar surface area (TPSA) is 21.3 Å². The predicted octanol–water partition coefficient (Wildman–Crippen LogP) is 5.13. The lowest BCUT2D eigenvalue weighted by Crippen LogP contribution is -2.35. The van der Waals surface area contributed by atoms with Gasteiger partial charge in [-0.15, -0.1) is 0 Å². The molecule has 2 aromatic rings. The van der Waals surface area contributed by atoms with Crippen LogP contribution in [0.15, 0.2) is 53.0 Å². The molecule has 0 unspecified atom stereocenters. The number of hydrogen-bond donors (Lipinski definition) is 1. The summed E-state index contributed by atoms with van der Waals surface area (Å²) in [7, 11) is 0. The van der Waals surface area contributed by atoms with Gasteiger partial charge in [0.2, 0.25) is 0 Å². The van der Waals surface area contributed by atoms with E-state index in [0.29, 0.717) is 0 Å². The van der Waals surface area contributed by atoms with Crippen molar-refractivity contribution >= 4 is 15.9 Å². The van der Waals surface area contributed by atoms with E-state index < -0.39 is 0 Å². The Labute approximate surface area is 129 Å². The van der Waals surface area contributed by atoms with Crippen LogP contribution in [0.4, 0.5) is 0 Å². The van der Waals surface area contributed by atoms with Crippen LogP contribution < -0.4 is 10.1 Å². The molecule has 3 heteroatoms. The lowest BCUT2D eigenvalue weighted by molar-refractivity contribution is 0.414. The van der Waals surface area contributed by atoms with Gasteiger partial charge in [0.15, 0.2) is 0 Å². The molecule has 1 N–H and O–H groups in total. The largest absolute Gasteiger partial charge is 0.457 e. The molecular formula is C17H20BrNO. The molecule has 0 aliphatic carbocycles. The Bertz CT molecular complexity index is 575. The lowest BCUT2D eigenvalue weighted by atomic mass is 10.1. The van der Waals surface area contributed by atoms with Crippen molar-refractivity contribution in [2.75, 3.05) is 0 Å². The standard InChI is InChI=1S/C17H20BrNO/c1-17(2,3)19-12-13-7-4-5-10-16(13)20-15-9-6-8-14(18)11-15/h4-11,19H,12H2,1-3H3. The lowest BCUT2D eigenvalue weighted by Gasteiger charge is -2.21. The van der Waals surface area contributed by atoms with Crippen molar-refractivity contribution in [2.24, 2.45) is 0 Å². The maximum atomic E-state index is 5.99. The number of rotatable bonds is 4. The van der Waals surface area contributed by atoms with Crippen molar-refractivity contribution in [1.29, 1.82) is 0 Å². The second-order valence-corrected chi connectivity index (χ2v) is 6.69.